The molecule has 1 N–H and O–H groups in total. The van der Waals surface area contributed by atoms with Gasteiger partial charge < -0.3 is 10.2 Å². The molecular weight excluding hydrogens is 256 g/mol. The average molecular weight is 274 g/mol. The second kappa shape index (κ2) is 5.83. The average Bonchev–Trinajstić information content (AvgIpc) is 2.44. The van der Waals surface area contributed by atoms with Gasteiger partial charge in [-0.15, -0.1) is 0 Å². The van der Waals surface area contributed by atoms with Crippen LogP contribution in [0.15, 0.2) is 29.3 Å². The molecule has 0 aliphatic heterocycles. The minimum atomic E-state index is -0.337. The second-order valence-electron chi connectivity index (χ2n) is 4.74. The van der Waals surface area contributed by atoms with E-state index in [1.54, 1.807) is 19.3 Å². The van der Waals surface area contributed by atoms with E-state index < -0.39 is 0 Å². The summed E-state index contributed by atoms with van der Waals surface area (Å²) in [4.78, 5) is 30.2. The molecule has 2 aromatic heterocycles. The maximum atomic E-state index is 12.3. The van der Waals surface area contributed by atoms with Crippen LogP contribution in [0.2, 0.25) is 0 Å². The van der Waals surface area contributed by atoms with Gasteiger partial charge in [0.05, 0.1) is 0 Å². The Labute approximate surface area is 117 Å². The number of hydrogen-bond donors (Lipinski definition) is 1. The summed E-state index contributed by atoms with van der Waals surface area (Å²) in [5.74, 6) is -0.312. The maximum absolute atomic E-state index is 12.3. The molecule has 0 unspecified atom stereocenters. The molecule has 0 aliphatic carbocycles. The first-order valence-corrected chi connectivity index (χ1v) is 6.42. The predicted octanol–water partition coefficient (Wildman–Crippen LogP) is 0.294. The Hall–Kier alpha value is -2.21. The van der Waals surface area contributed by atoms with E-state index in [-0.39, 0.29) is 17.0 Å². The van der Waals surface area contributed by atoms with E-state index in [9.17, 15) is 9.59 Å². The highest BCUT2D eigenvalue weighted by molar-refractivity contribution is 5.93. The summed E-state index contributed by atoms with van der Waals surface area (Å²) in [6, 6.07) is 3.62. The number of carbonyl (C=O) groups excluding carboxylic acids is 1. The van der Waals surface area contributed by atoms with E-state index in [1.807, 2.05) is 20.0 Å². The Morgan fingerprint density at radius 1 is 1.50 bits per heavy atom. The lowest BCUT2D eigenvalue weighted by Gasteiger charge is -2.16. The van der Waals surface area contributed by atoms with Crippen LogP contribution in [-0.2, 0) is 0 Å². The van der Waals surface area contributed by atoms with Crippen LogP contribution in [-0.4, -0.2) is 47.4 Å². The zero-order valence-electron chi connectivity index (χ0n) is 11.9. The van der Waals surface area contributed by atoms with Gasteiger partial charge in [-0.2, -0.15) is 0 Å². The van der Waals surface area contributed by atoms with Crippen molar-refractivity contribution in [1.29, 1.82) is 0 Å². The SMILES string of the molecule is CNCCN(C)C(=O)c1cnc2cc(C)ccn2c1=O. The highest BCUT2D eigenvalue weighted by Crippen LogP contribution is 2.03. The fourth-order valence-electron chi connectivity index (χ4n) is 1.91. The summed E-state index contributed by atoms with van der Waals surface area (Å²) < 4.78 is 1.39. The third-order valence-electron chi connectivity index (χ3n) is 3.14. The van der Waals surface area contributed by atoms with Crippen LogP contribution >= 0.6 is 0 Å². The Morgan fingerprint density at radius 3 is 2.95 bits per heavy atom. The first-order chi connectivity index (χ1) is 9.54. The van der Waals surface area contributed by atoms with E-state index in [4.69, 9.17) is 0 Å². The molecule has 20 heavy (non-hydrogen) atoms. The minimum Gasteiger partial charge on any atom is -0.340 e. The van der Waals surface area contributed by atoms with E-state index in [2.05, 4.69) is 10.3 Å². The standard InChI is InChI=1S/C14H18N4O2/c1-10-4-6-18-12(8-10)16-9-11(14(18)20)13(19)17(3)7-5-15-2/h4,6,8-9,15H,5,7H2,1-3H3. The van der Waals surface area contributed by atoms with Gasteiger partial charge in [0.1, 0.15) is 11.2 Å². The fourth-order valence-corrected chi connectivity index (χ4v) is 1.91. The van der Waals surface area contributed by atoms with Gasteiger partial charge in [0, 0.05) is 32.5 Å². The van der Waals surface area contributed by atoms with Crippen molar-refractivity contribution in [1.82, 2.24) is 19.6 Å². The van der Waals surface area contributed by atoms with Crippen molar-refractivity contribution in [3.63, 3.8) is 0 Å². The zero-order valence-corrected chi connectivity index (χ0v) is 11.9. The summed E-state index contributed by atoms with van der Waals surface area (Å²) in [5.41, 5.74) is 1.31. The zero-order chi connectivity index (χ0) is 14.7. The maximum Gasteiger partial charge on any atom is 0.270 e. The molecule has 0 fully saturated rings. The molecule has 0 saturated carbocycles. The third-order valence-corrected chi connectivity index (χ3v) is 3.14. The Balaban J connectivity index is 2.40. The molecule has 0 aromatic carbocycles. The molecule has 0 aliphatic rings. The van der Waals surface area contributed by atoms with Gasteiger partial charge in [-0.05, 0) is 31.7 Å². The number of amides is 1. The predicted molar refractivity (Wildman–Crippen MR) is 77.1 cm³/mol. The molecule has 0 atom stereocenters. The number of rotatable bonds is 4. The summed E-state index contributed by atoms with van der Waals surface area (Å²) in [5, 5.41) is 2.96. The topological polar surface area (TPSA) is 66.7 Å². The number of aromatic nitrogens is 2. The van der Waals surface area contributed by atoms with Crippen LogP contribution < -0.4 is 10.9 Å². The minimum absolute atomic E-state index is 0.0879. The lowest BCUT2D eigenvalue weighted by molar-refractivity contribution is 0.0794. The van der Waals surface area contributed by atoms with Gasteiger partial charge in [0.2, 0.25) is 0 Å². The number of likely N-dealkylation sites (N-methyl/N-ethyl adjacent to an activating group) is 2. The highest BCUT2D eigenvalue weighted by Gasteiger charge is 2.16. The molecule has 1 amide bonds. The van der Waals surface area contributed by atoms with Crippen LogP contribution in [0.5, 0.6) is 0 Å². The van der Waals surface area contributed by atoms with Gasteiger partial charge in [-0.3, -0.25) is 14.0 Å². The molecule has 0 bridgehead atoms. The van der Waals surface area contributed by atoms with Crippen LogP contribution in [0.4, 0.5) is 0 Å². The molecule has 0 spiro atoms. The normalized spacial score (nSPS) is 10.8. The van der Waals surface area contributed by atoms with Crippen molar-refractivity contribution >= 4 is 11.6 Å². The molecule has 106 valence electrons. The number of pyridine rings is 1. The lowest BCUT2D eigenvalue weighted by atomic mass is 10.2. The van der Waals surface area contributed by atoms with E-state index in [1.165, 1.54) is 15.5 Å². The van der Waals surface area contributed by atoms with Crippen LogP contribution in [0, 0.1) is 6.92 Å². The number of fused-ring (bicyclic) bond motifs is 1. The Kier molecular flexibility index (Phi) is 4.14. The Morgan fingerprint density at radius 2 is 2.25 bits per heavy atom. The van der Waals surface area contributed by atoms with Crippen molar-refractivity contribution in [3.05, 3.63) is 46.0 Å². The van der Waals surface area contributed by atoms with Crippen molar-refractivity contribution in [3.8, 4) is 0 Å². The number of aryl methyl sites for hydroxylation is 1. The molecule has 0 radical (unpaired) electrons. The molecule has 2 rings (SSSR count). The largest absolute Gasteiger partial charge is 0.340 e. The highest BCUT2D eigenvalue weighted by atomic mass is 16.2. The number of nitrogens with zero attached hydrogens (tertiary/aromatic N) is 3. The number of hydrogen-bond acceptors (Lipinski definition) is 4. The first-order valence-electron chi connectivity index (χ1n) is 6.42. The quantitative estimate of drug-likeness (QED) is 0.870. The molecule has 6 nitrogen and oxygen atoms in total. The van der Waals surface area contributed by atoms with Gasteiger partial charge in [-0.1, -0.05) is 0 Å². The molecule has 0 saturated heterocycles. The van der Waals surface area contributed by atoms with Crippen molar-refractivity contribution in [2.75, 3.05) is 27.2 Å². The van der Waals surface area contributed by atoms with E-state index in [0.29, 0.717) is 18.7 Å². The van der Waals surface area contributed by atoms with Crippen molar-refractivity contribution < 1.29 is 4.79 Å². The van der Waals surface area contributed by atoms with Crippen molar-refractivity contribution in [2.45, 2.75) is 6.92 Å². The fraction of sp³-hybridized carbons (Fsp3) is 0.357. The lowest BCUT2D eigenvalue weighted by Crippen LogP contribution is -2.36. The van der Waals surface area contributed by atoms with Gasteiger partial charge in [0.25, 0.3) is 11.5 Å². The summed E-state index contributed by atoms with van der Waals surface area (Å²) in [7, 11) is 3.48. The summed E-state index contributed by atoms with van der Waals surface area (Å²) in [6.07, 6.45) is 3.00. The van der Waals surface area contributed by atoms with E-state index >= 15 is 0 Å². The Bertz CT molecular complexity index is 693. The van der Waals surface area contributed by atoms with Gasteiger partial charge in [-0.25, -0.2) is 4.98 Å². The number of nitrogens with one attached hydrogen (secondary N) is 1. The summed E-state index contributed by atoms with van der Waals surface area (Å²) in [6.45, 7) is 3.13. The van der Waals surface area contributed by atoms with Crippen LogP contribution in [0.25, 0.3) is 5.65 Å². The van der Waals surface area contributed by atoms with Crippen molar-refractivity contribution in [2.24, 2.45) is 0 Å². The van der Waals surface area contributed by atoms with Crippen LogP contribution in [0.1, 0.15) is 15.9 Å². The molecule has 2 aromatic rings. The molecular formula is C14H18N4O2. The number of carbonyl (C=O) groups is 1. The molecule has 6 heteroatoms. The van der Waals surface area contributed by atoms with E-state index in [0.717, 1.165) is 5.56 Å². The first kappa shape index (κ1) is 14.2. The van der Waals surface area contributed by atoms with Gasteiger partial charge in [0.15, 0.2) is 0 Å². The van der Waals surface area contributed by atoms with Gasteiger partial charge >= 0.3 is 0 Å². The van der Waals surface area contributed by atoms with Crippen LogP contribution in [0.3, 0.4) is 0 Å². The second-order valence-corrected chi connectivity index (χ2v) is 4.74. The summed E-state index contributed by atoms with van der Waals surface area (Å²) >= 11 is 0. The third kappa shape index (κ3) is 2.70. The smallest absolute Gasteiger partial charge is 0.270 e. The monoisotopic (exact) mass is 274 g/mol. The molecule has 2 heterocycles.